The number of rotatable bonds is 4. The van der Waals surface area contributed by atoms with E-state index in [1.54, 1.807) is 4.90 Å². The summed E-state index contributed by atoms with van der Waals surface area (Å²) < 4.78 is 45.5. The van der Waals surface area contributed by atoms with E-state index in [0.29, 0.717) is 6.61 Å². The maximum Gasteiger partial charge on any atom is 0.471 e. The number of pyridine rings is 1. The summed E-state index contributed by atoms with van der Waals surface area (Å²) in [6.45, 7) is 1.11. The van der Waals surface area contributed by atoms with Gasteiger partial charge in [0.1, 0.15) is 0 Å². The van der Waals surface area contributed by atoms with E-state index >= 15 is 0 Å². The van der Waals surface area contributed by atoms with Crippen LogP contribution in [0.5, 0.6) is 0 Å². The molecular formula is C23H24F3N3O3. The van der Waals surface area contributed by atoms with Crippen LogP contribution >= 0.6 is 0 Å². The molecule has 9 heteroatoms. The maximum absolute atomic E-state index is 13.2. The summed E-state index contributed by atoms with van der Waals surface area (Å²) >= 11 is 0. The lowest BCUT2D eigenvalue weighted by molar-refractivity contribution is -0.171. The summed E-state index contributed by atoms with van der Waals surface area (Å²) in [5.74, 6) is -2.01. The highest BCUT2D eigenvalue weighted by Gasteiger charge is 2.46. The fourth-order valence-corrected chi connectivity index (χ4v) is 4.43. The first-order valence-corrected chi connectivity index (χ1v) is 10.6. The number of anilines is 1. The van der Waals surface area contributed by atoms with Gasteiger partial charge in [0, 0.05) is 25.3 Å². The summed E-state index contributed by atoms with van der Waals surface area (Å²) in [5.41, 5.74) is 2.29. The second-order valence-electron chi connectivity index (χ2n) is 8.01. The van der Waals surface area contributed by atoms with E-state index < -0.39 is 18.1 Å². The van der Waals surface area contributed by atoms with Gasteiger partial charge < -0.3 is 9.64 Å². The highest BCUT2D eigenvalue weighted by Crippen LogP contribution is 2.32. The molecule has 0 aliphatic carbocycles. The number of alkyl halides is 3. The number of aromatic nitrogens is 1. The number of carbonyl (C=O) groups is 2. The van der Waals surface area contributed by atoms with Gasteiger partial charge >= 0.3 is 12.1 Å². The van der Waals surface area contributed by atoms with E-state index in [1.165, 1.54) is 30.1 Å². The number of piperidine rings is 1. The molecule has 2 amide bonds. The molecule has 6 nitrogen and oxygen atoms in total. The maximum atomic E-state index is 13.2. The number of fused-ring (bicyclic) bond motifs is 1. The largest absolute Gasteiger partial charge is 0.471 e. The van der Waals surface area contributed by atoms with Gasteiger partial charge in [0.05, 0.1) is 31.0 Å². The summed E-state index contributed by atoms with van der Waals surface area (Å²) in [6, 6.07) is 10.1. The molecule has 2 aliphatic rings. The molecule has 0 spiro atoms. The van der Waals surface area contributed by atoms with Crippen LogP contribution < -0.4 is 4.90 Å². The van der Waals surface area contributed by atoms with Gasteiger partial charge in [0.2, 0.25) is 5.91 Å². The lowest BCUT2D eigenvalue weighted by atomic mass is 9.95. The van der Waals surface area contributed by atoms with Crippen LogP contribution in [0.1, 0.15) is 36.5 Å². The van der Waals surface area contributed by atoms with Crippen LogP contribution in [0.15, 0.2) is 48.8 Å². The number of amides is 2. The molecule has 2 aliphatic heterocycles. The number of halogens is 3. The second-order valence-corrected chi connectivity index (χ2v) is 8.01. The number of carbonyl (C=O) groups excluding carboxylic acids is 2. The fourth-order valence-electron chi connectivity index (χ4n) is 4.43. The predicted octanol–water partition coefficient (Wildman–Crippen LogP) is 3.67. The van der Waals surface area contributed by atoms with Crippen molar-refractivity contribution in [2.75, 3.05) is 24.6 Å². The molecular weight excluding hydrogens is 423 g/mol. The van der Waals surface area contributed by atoms with Crippen LogP contribution in [0.4, 0.5) is 18.9 Å². The first kappa shape index (κ1) is 22.3. The SMILES string of the molecule is O=C(CC1OCCc2ccccc21)N1CCC(N(C(=O)C(F)(F)F)c2cccnc2)CC1. The number of hydrogen-bond acceptors (Lipinski definition) is 4. The molecule has 1 aromatic heterocycles. The number of benzene rings is 1. The molecule has 1 atom stereocenters. The van der Waals surface area contributed by atoms with E-state index in [-0.39, 0.29) is 50.1 Å². The Kier molecular flexibility index (Phi) is 6.45. The van der Waals surface area contributed by atoms with Crippen LogP contribution in [0.2, 0.25) is 0 Å². The first-order chi connectivity index (χ1) is 15.3. The van der Waals surface area contributed by atoms with Gasteiger partial charge in [-0.3, -0.25) is 19.5 Å². The topological polar surface area (TPSA) is 62.7 Å². The molecule has 1 aromatic carbocycles. The van der Waals surface area contributed by atoms with Crippen molar-refractivity contribution in [3.63, 3.8) is 0 Å². The van der Waals surface area contributed by atoms with Crippen molar-refractivity contribution in [2.45, 2.75) is 44.0 Å². The Balaban J connectivity index is 1.41. The lowest BCUT2D eigenvalue weighted by Crippen LogP contribution is -2.52. The average molecular weight is 447 g/mol. The smallest absolute Gasteiger partial charge is 0.373 e. The predicted molar refractivity (Wildman–Crippen MR) is 111 cm³/mol. The van der Waals surface area contributed by atoms with Crippen molar-refractivity contribution in [3.8, 4) is 0 Å². The Morgan fingerprint density at radius 3 is 2.56 bits per heavy atom. The zero-order valence-electron chi connectivity index (χ0n) is 17.4. The Hall–Kier alpha value is -2.94. The number of hydrogen-bond donors (Lipinski definition) is 0. The molecule has 0 radical (unpaired) electrons. The quantitative estimate of drug-likeness (QED) is 0.718. The molecule has 170 valence electrons. The monoisotopic (exact) mass is 447 g/mol. The van der Waals surface area contributed by atoms with Gasteiger partial charge in [-0.25, -0.2) is 0 Å². The Morgan fingerprint density at radius 1 is 1.12 bits per heavy atom. The molecule has 0 bridgehead atoms. The van der Waals surface area contributed by atoms with E-state index in [9.17, 15) is 22.8 Å². The molecule has 1 unspecified atom stereocenters. The van der Waals surface area contributed by atoms with Gasteiger partial charge in [-0.2, -0.15) is 13.2 Å². The lowest BCUT2D eigenvalue weighted by Gasteiger charge is -2.39. The second kappa shape index (κ2) is 9.28. The van der Waals surface area contributed by atoms with Gasteiger partial charge in [-0.15, -0.1) is 0 Å². The number of ether oxygens (including phenoxy) is 1. The molecule has 1 fully saturated rings. The third-order valence-electron chi connectivity index (χ3n) is 6.02. The minimum absolute atomic E-state index is 0.0970. The van der Waals surface area contributed by atoms with E-state index in [1.807, 2.05) is 24.3 Å². The number of nitrogens with zero attached hydrogens (tertiary/aromatic N) is 3. The van der Waals surface area contributed by atoms with Crippen molar-refractivity contribution in [1.29, 1.82) is 0 Å². The zero-order valence-corrected chi connectivity index (χ0v) is 17.4. The normalized spacial score (nSPS) is 19.3. The first-order valence-electron chi connectivity index (χ1n) is 10.6. The summed E-state index contributed by atoms with van der Waals surface area (Å²) in [5, 5.41) is 0. The minimum atomic E-state index is -4.99. The standard InChI is InChI=1S/C23H24F3N3O3/c24-23(25,26)22(31)29(18-5-3-10-27-15-18)17-7-11-28(12-8-17)21(30)14-20-19-6-2-1-4-16(19)9-13-32-20/h1-6,10,15,17,20H,7-9,11-14H2. The molecule has 0 N–H and O–H groups in total. The molecule has 4 rings (SSSR count). The summed E-state index contributed by atoms with van der Waals surface area (Å²) in [7, 11) is 0. The van der Waals surface area contributed by atoms with E-state index in [4.69, 9.17) is 4.74 Å². The van der Waals surface area contributed by atoms with Crippen LogP contribution in [0.25, 0.3) is 0 Å². The van der Waals surface area contributed by atoms with Crippen molar-refractivity contribution >= 4 is 17.5 Å². The molecule has 3 heterocycles. The Morgan fingerprint density at radius 2 is 1.88 bits per heavy atom. The van der Waals surface area contributed by atoms with Gasteiger partial charge in [0.25, 0.3) is 0 Å². The van der Waals surface area contributed by atoms with Gasteiger partial charge in [0.15, 0.2) is 0 Å². The molecule has 1 saturated heterocycles. The van der Waals surface area contributed by atoms with Gasteiger partial charge in [-0.05, 0) is 42.5 Å². The van der Waals surface area contributed by atoms with Crippen LogP contribution in [0, 0.1) is 0 Å². The molecule has 32 heavy (non-hydrogen) atoms. The third kappa shape index (κ3) is 4.77. The van der Waals surface area contributed by atoms with Crippen molar-refractivity contribution in [3.05, 3.63) is 59.9 Å². The third-order valence-corrected chi connectivity index (χ3v) is 6.02. The van der Waals surface area contributed by atoms with E-state index in [0.717, 1.165) is 16.9 Å². The minimum Gasteiger partial charge on any atom is -0.373 e. The van der Waals surface area contributed by atoms with Crippen molar-refractivity contribution < 1.29 is 27.5 Å². The summed E-state index contributed by atoms with van der Waals surface area (Å²) in [6.07, 6.45) is -1.11. The highest BCUT2D eigenvalue weighted by molar-refractivity contribution is 5.97. The van der Waals surface area contributed by atoms with Crippen LogP contribution in [0.3, 0.4) is 0 Å². The Labute approximate surface area is 184 Å². The average Bonchev–Trinajstić information content (AvgIpc) is 2.80. The highest BCUT2D eigenvalue weighted by atomic mass is 19.4. The van der Waals surface area contributed by atoms with Crippen molar-refractivity contribution in [2.24, 2.45) is 0 Å². The van der Waals surface area contributed by atoms with Gasteiger partial charge in [-0.1, -0.05) is 24.3 Å². The molecule has 2 aromatic rings. The van der Waals surface area contributed by atoms with Crippen LogP contribution in [-0.2, 0) is 20.7 Å². The number of likely N-dealkylation sites (tertiary alicyclic amines) is 1. The van der Waals surface area contributed by atoms with Crippen molar-refractivity contribution in [1.82, 2.24) is 9.88 Å². The molecule has 0 saturated carbocycles. The summed E-state index contributed by atoms with van der Waals surface area (Å²) in [4.78, 5) is 31.3. The van der Waals surface area contributed by atoms with Crippen LogP contribution in [-0.4, -0.2) is 53.6 Å². The fraction of sp³-hybridized carbons (Fsp3) is 0.435. The van der Waals surface area contributed by atoms with E-state index in [2.05, 4.69) is 4.98 Å². The zero-order chi connectivity index (χ0) is 22.7. The Bertz CT molecular complexity index is 960.